The highest BCUT2D eigenvalue weighted by Crippen LogP contribution is 2.45. The number of piperidine rings is 1. The number of ether oxygens (including phenoxy) is 4. The fourth-order valence-corrected chi connectivity index (χ4v) is 7.30. The van der Waals surface area contributed by atoms with E-state index in [4.69, 9.17) is 34.6 Å². The second-order valence-electron chi connectivity index (χ2n) is 11.1. The summed E-state index contributed by atoms with van der Waals surface area (Å²) in [5.41, 5.74) is 7.10. The van der Waals surface area contributed by atoms with Crippen LogP contribution in [0.5, 0.6) is 5.75 Å². The maximum atomic E-state index is 10.2. The summed E-state index contributed by atoms with van der Waals surface area (Å²) in [6.07, 6.45) is 6.59. The zero-order valence-electron chi connectivity index (χ0n) is 22.6. The first kappa shape index (κ1) is 27.0. The highest BCUT2D eigenvalue weighted by Gasteiger charge is 2.48. The van der Waals surface area contributed by atoms with Crippen molar-refractivity contribution in [3.63, 3.8) is 0 Å². The second-order valence-corrected chi connectivity index (χ2v) is 12.2. The second kappa shape index (κ2) is 11.3. The van der Waals surface area contributed by atoms with Gasteiger partial charge in [-0.1, -0.05) is 11.8 Å². The quantitative estimate of drug-likeness (QED) is 0.363. The first-order valence-corrected chi connectivity index (χ1v) is 14.5. The van der Waals surface area contributed by atoms with Gasteiger partial charge in [-0.2, -0.15) is 0 Å². The number of aliphatic hydroxyl groups excluding tert-OH is 1. The summed E-state index contributed by atoms with van der Waals surface area (Å²) in [4.78, 5) is 19.7. The largest absolute Gasteiger partial charge is 0.486 e. The molecule has 3 N–H and O–H groups in total. The summed E-state index contributed by atoms with van der Waals surface area (Å²) < 4.78 is 22.7. The molecule has 2 aromatic heterocycles. The highest BCUT2D eigenvalue weighted by molar-refractivity contribution is 7.99. The van der Waals surface area contributed by atoms with Gasteiger partial charge in [-0.3, -0.25) is 0 Å². The van der Waals surface area contributed by atoms with Gasteiger partial charge >= 0.3 is 0 Å². The van der Waals surface area contributed by atoms with Crippen LogP contribution in [0.3, 0.4) is 0 Å². The van der Waals surface area contributed by atoms with Crippen molar-refractivity contribution in [1.82, 2.24) is 15.0 Å². The Balaban J connectivity index is 1.15. The summed E-state index contributed by atoms with van der Waals surface area (Å²) in [5, 5.41) is 10.9. The highest BCUT2D eigenvalue weighted by atomic mass is 32.2. The van der Waals surface area contributed by atoms with Crippen molar-refractivity contribution >= 4 is 23.4 Å². The third-order valence-corrected chi connectivity index (χ3v) is 9.61. The van der Waals surface area contributed by atoms with E-state index in [1.54, 1.807) is 13.3 Å². The van der Waals surface area contributed by atoms with E-state index in [1.165, 1.54) is 11.8 Å². The molecule has 212 valence electrons. The standard InChI is InChI=1S/C27H38N6O5S/c1-17-24(28)27(15-38-17)4-7-32(8-5-27)25-20(12-34)31-22(10-30-25)39-21-3-6-29-26-23(21)37-14-19-9-18(11-33(19)26)13-36-16-35-2/h3,6,10,17-19,24,34H,4-5,7-9,11-16,28H2,1-2H3/t17-,18-,19?,24+/m0/s1. The maximum Gasteiger partial charge on any atom is 0.175 e. The molecular weight excluding hydrogens is 520 g/mol. The van der Waals surface area contributed by atoms with E-state index >= 15 is 0 Å². The van der Waals surface area contributed by atoms with Gasteiger partial charge in [-0.15, -0.1) is 0 Å². The molecule has 0 saturated carbocycles. The van der Waals surface area contributed by atoms with Crippen LogP contribution in [0.2, 0.25) is 0 Å². The Morgan fingerprint density at radius 2 is 2.10 bits per heavy atom. The third-order valence-electron chi connectivity index (χ3n) is 8.67. The summed E-state index contributed by atoms with van der Waals surface area (Å²) in [5.74, 6) is 2.79. The van der Waals surface area contributed by atoms with Crippen LogP contribution in [-0.4, -0.2) is 91.6 Å². The van der Waals surface area contributed by atoms with E-state index in [0.29, 0.717) is 42.7 Å². The lowest BCUT2D eigenvalue weighted by molar-refractivity contribution is -0.0414. The van der Waals surface area contributed by atoms with Crippen molar-refractivity contribution in [3.05, 3.63) is 24.2 Å². The molecule has 4 aliphatic heterocycles. The molecule has 11 nitrogen and oxygen atoms in total. The minimum Gasteiger partial charge on any atom is -0.486 e. The van der Waals surface area contributed by atoms with E-state index in [9.17, 15) is 5.11 Å². The molecule has 0 aromatic carbocycles. The number of rotatable bonds is 8. The molecule has 0 radical (unpaired) electrons. The van der Waals surface area contributed by atoms with Gasteiger partial charge in [-0.05, 0) is 32.3 Å². The average molecular weight is 559 g/mol. The van der Waals surface area contributed by atoms with Crippen molar-refractivity contribution in [2.45, 2.75) is 60.9 Å². The van der Waals surface area contributed by atoms with Gasteiger partial charge in [0.15, 0.2) is 17.4 Å². The van der Waals surface area contributed by atoms with E-state index in [1.807, 2.05) is 12.3 Å². The number of nitrogens with two attached hydrogens (primary N) is 1. The van der Waals surface area contributed by atoms with E-state index < -0.39 is 0 Å². The Labute approximate surface area is 233 Å². The van der Waals surface area contributed by atoms with E-state index in [0.717, 1.165) is 67.8 Å². The molecule has 0 aliphatic carbocycles. The topological polar surface area (TPSA) is 128 Å². The molecule has 1 spiro atoms. The molecule has 12 heteroatoms. The maximum absolute atomic E-state index is 10.2. The van der Waals surface area contributed by atoms with Gasteiger partial charge in [0.2, 0.25) is 0 Å². The number of anilines is 2. The van der Waals surface area contributed by atoms with Crippen LogP contribution < -0.4 is 20.3 Å². The Bertz CT molecular complexity index is 1170. The normalized spacial score (nSPS) is 27.5. The molecule has 39 heavy (non-hydrogen) atoms. The predicted octanol–water partition coefficient (Wildman–Crippen LogP) is 2.06. The lowest BCUT2D eigenvalue weighted by atomic mass is 9.73. The van der Waals surface area contributed by atoms with Crippen LogP contribution in [0, 0.1) is 11.3 Å². The van der Waals surface area contributed by atoms with Gasteiger partial charge in [0, 0.05) is 50.3 Å². The van der Waals surface area contributed by atoms with Gasteiger partial charge < -0.3 is 39.6 Å². The van der Waals surface area contributed by atoms with Crippen molar-refractivity contribution in [1.29, 1.82) is 0 Å². The van der Waals surface area contributed by atoms with Crippen LogP contribution in [0.25, 0.3) is 0 Å². The summed E-state index contributed by atoms with van der Waals surface area (Å²) in [6.45, 7) is 6.70. The van der Waals surface area contributed by atoms with Gasteiger partial charge in [0.25, 0.3) is 0 Å². The minimum absolute atomic E-state index is 0.0320. The number of hydrogen-bond donors (Lipinski definition) is 2. The van der Waals surface area contributed by atoms with E-state index in [2.05, 4.69) is 21.7 Å². The smallest absolute Gasteiger partial charge is 0.175 e. The number of nitrogens with zero attached hydrogens (tertiary/aromatic N) is 5. The molecule has 1 unspecified atom stereocenters. The summed E-state index contributed by atoms with van der Waals surface area (Å²) in [6, 6.07) is 2.30. The zero-order valence-corrected chi connectivity index (χ0v) is 23.4. The number of pyridine rings is 1. The Morgan fingerprint density at radius 3 is 2.85 bits per heavy atom. The molecular formula is C27H38N6O5S. The molecule has 0 bridgehead atoms. The molecule has 2 aromatic rings. The predicted molar refractivity (Wildman–Crippen MR) is 146 cm³/mol. The number of methoxy groups -OCH3 is 1. The van der Waals surface area contributed by atoms with Crippen molar-refractivity contribution < 1.29 is 24.1 Å². The van der Waals surface area contributed by atoms with Crippen LogP contribution >= 0.6 is 11.8 Å². The molecule has 4 aliphatic rings. The molecule has 6 heterocycles. The lowest BCUT2D eigenvalue weighted by Gasteiger charge is -2.41. The molecule has 3 fully saturated rings. The average Bonchev–Trinajstić information content (AvgIpc) is 3.50. The fourth-order valence-electron chi connectivity index (χ4n) is 6.44. The summed E-state index contributed by atoms with van der Waals surface area (Å²) >= 11 is 1.49. The van der Waals surface area contributed by atoms with Crippen LogP contribution in [0.4, 0.5) is 11.6 Å². The zero-order chi connectivity index (χ0) is 27.0. The number of aliphatic hydroxyl groups is 1. The van der Waals surface area contributed by atoms with Crippen LogP contribution in [-0.2, 0) is 20.8 Å². The lowest BCUT2D eigenvalue weighted by Crippen LogP contribution is -2.51. The molecule has 3 saturated heterocycles. The number of aromatic nitrogens is 3. The minimum atomic E-state index is -0.176. The first-order chi connectivity index (χ1) is 19.0. The number of hydrogen-bond acceptors (Lipinski definition) is 12. The SMILES string of the molecule is COCOC[C@H]1CC2COc3c(Sc4cnc(N5CCC6(CC5)CO[C@@H](C)[C@H]6N)c(CO)n4)ccnc3N2C1. The monoisotopic (exact) mass is 558 g/mol. The Hall–Kier alpha value is -2.22. The molecule has 6 rings (SSSR count). The Kier molecular flexibility index (Phi) is 7.84. The van der Waals surface area contributed by atoms with Crippen LogP contribution in [0.1, 0.15) is 31.9 Å². The molecule has 4 atom stereocenters. The van der Waals surface area contributed by atoms with E-state index in [-0.39, 0.29) is 24.2 Å². The van der Waals surface area contributed by atoms with Crippen molar-refractivity contribution in [2.24, 2.45) is 17.1 Å². The van der Waals surface area contributed by atoms with Crippen molar-refractivity contribution in [3.8, 4) is 5.75 Å². The number of fused-ring (bicyclic) bond motifs is 3. The Morgan fingerprint density at radius 1 is 1.26 bits per heavy atom. The fraction of sp³-hybridized carbons (Fsp3) is 0.667. The van der Waals surface area contributed by atoms with Gasteiger partial charge in [0.05, 0.1) is 43.1 Å². The summed E-state index contributed by atoms with van der Waals surface area (Å²) in [7, 11) is 1.64. The van der Waals surface area contributed by atoms with Gasteiger partial charge in [0.1, 0.15) is 24.1 Å². The first-order valence-electron chi connectivity index (χ1n) is 13.7. The third kappa shape index (κ3) is 5.18. The molecule has 0 amide bonds. The van der Waals surface area contributed by atoms with Crippen molar-refractivity contribution in [2.75, 3.05) is 63.2 Å². The van der Waals surface area contributed by atoms with Gasteiger partial charge in [-0.25, -0.2) is 15.0 Å². The van der Waals surface area contributed by atoms with Crippen LogP contribution in [0.15, 0.2) is 28.4 Å².